The summed E-state index contributed by atoms with van der Waals surface area (Å²) in [5, 5.41) is -1.05. The number of ether oxygens (including phenoxy) is 2. The Morgan fingerprint density at radius 3 is 2.25 bits per heavy atom. The molecule has 0 saturated carbocycles. The van der Waals surface area contributed by atoms with Gasteiger partial charge < -0.3 is 14.4 Å². The molecule has 10 nitrogen and oxygen atoms in total. The van der Waals surface area contributed by atoms with Crippen LogP contribution in [-0.4, -0.2) is 94.9 Å². The van der Waals surface area contributed by atoms with Crippen LogP contribution in [-0.2, 0) is 19.7 Å². The number of anilines is 1. The number of piperazine rings is 1. The van der Waals surface area contributed by atoms with Gasteiger partial charge in [0.05, 0.1) is 35.9 Å². The Bertz CT molecular complexity index is 1170. The Balaban J connectivity index is 1.58. The lowest BCUT2D eigenvalue weighted by Crippen LogP contribution is -2.55. The molecule has 0 N–H and O–H groups in total. The molecule has 1 aromatic heterocycles. The van der Waals surface area contributed by atoms with Gasteiger partial charge in [0.25, 0.3) is 0 Å². The van der Waals surface area contributed by atoms with Crippen molar-refractivity contribution in [1.29, 1.82) is 0 Å². The van der Waals surface area contributed by atoms with Crippen LogP contribution in [0.15, 0.2) is 41.6 Å². The van der Waals surface area contributed by atoms with E-state index in [2.05, 4.69) is 9.97 Å². The van der Waals surface area contributed by atoms with Gasteiger partial charge in [-0.3, -0.25) is 4.90 Å². The maximum atomic E-state index is 13.5. The molecule has 2 fully saturated rings. The van der Waals surface area contributed by atoms with E-state index in [-0.39, 0.29) is 16.4 Å². The van der Waals surface area contributed by atoms with E-state index in [4.69, 9.17) is 9.47 Å². The van der Waals surface area contributed by atoms with Crippen LogP contribution in [0.2, 0.25) is 0 Å². The molecule has 32 heavy (non-hydrogen) atoms. The van der Waals surface area contributed by atoms with Crippen LogP contribution >= 0.6 is 0 Å². The lowest BCUT2D eigenvalue weighted by molar-refractivity contribution is 0.201. The van der Waals surface area contributed by atoms with Gasteiger partial charge in [-0.2, -0.15) is 0 Å². The van der Waals surface area contributed by atoms with Gasteiger partial charge in [0.1, 0.15) is 0 Å². The zero-order chi connectivity index (χ0) is 22.9. The summed E-state index contributed by atoms with van der Waals surface area (Å²) >= 11 is 0. The molecule has 3 heterocycles. The predicted octanol–water partition coefficient (Wildman–Crippen LogP) is 0.255. The van der Waals surface area contributed by atoms with Gasteiger partial charge in [0.2, 0.25) is 5.95 Å². The molecule has 0 spiro atoms. The Kier molecular flexibility index (Phi) is 6.28. The fourth-order valence-electron chi connectivity index (χ4n) is 4.31. The first-order valence-electron chi connectivity index (χ1n) is 10.2. The largest absolute Gasteiger partial charge is 0.493 e. The molecule has 0 bridgehead atoms. The average Bonchev–Trinajstić information content (AvgIpc) is 3.15. The lowest BCUT2D eigenvalue weighted by Gasteiger charge is -2.39. The minimum absolute atomic E-state index is 0.0265. The van der Waals surface area contributed by atoms with Gasteiger partial charge in [-0.1, -0.05) is 0 Å². The molecule has 0 radical (unpaired) electrons. The van der Waals surface area contributed by atoms with Crippen molar-refractivity contribution in [2.45, 2.75) is 16.2 Å². The molecule has 0 unspecified atom stereocenters. The van der Waals surface area contributed by atoms with Crippen LogP contribution in [0.25, 0.3) is 0 Å². The first kappa shape index (κ1) is 22.7. The summed E-state index contributed by atoms with van der Waals surface area (Å²) in [5.41, 5.74) is 0. The molecule has 174 valence electrons. The Morgan fingerprint density at radius 1 is 0.969 bits per heavy atom. The monoisotopic (exact) mass is 482 g/mol. The number of hydrogen-bond acceptors (Lipinski definition) is 10. The van der Waals surface area contributed by atoms with Gasteiger partial charge in [0, 0.05) is 50.7 Å². The third-order valence-corrected chi connectivity index (χ3v) is 10.1. The van der Waals surface area contributed by atoms with Crippen LogP contribution in [0.5, 0.6) is 11.5 Å². The molecule has 0 amide bonds. The highest BCUT2D eigenvalue weighted by Crippen LogP contribution is 2.34. The second-order valence-electron chi connectivity index (χ2n) is 7.82. The molecular weight excluding hydrogens is 456 g/mol. The lowest BCUT2D eigenvalue weighted by atomic mass is 10.2. The van der Waals surface area contributed by atoms with E-state index in [0.717, 1.165) is 0 Å². The van der Waals surface area contributed by atoms with Crippen LogP contribution in [0.3, 0.4) is 0 Å². The molecule has 12 heteroatoms. The van der Waals surface area contributed by atoms with Crippen molar-refractivity contribution in [3.05, 3.63) is 36.7 Å². The van der Waals surface area contributed by atoms with Crippen LogP contribution in [0.4, 0.5) is 5.95 Å². The first-order chi connectivity index (χ1) is 15.2. The molecule has 2 aliphatic rings. The molecule has 2 saturated heterocycles. The summed E-state index contributed by atoms with van der Waals surface area (Å²) in [5.74, 6) is 0.729. The number of aromatic nitrogens is 2. The number of rotatable bonds is 6. The summed E-state index contributed by atoms with van der Waals surface area (Å²) in [6.45, 7) is 2.22. The highest BCUT2D eigenvalue weighted by atomic mass is 32.2. The molecule has 2 aliphatic heterocycles. The van der Waals surface area contributed by atoms with Crippen LogP contribution in [0.1, 0.15) is 0 Å². The quantitative estimate of drug-likeness (QED) is 0.567. The van der Waals surface area contributed by atoms with Gasteiger partial charge in [-0.25, -0.2) is 26.8 Å². The van der Waals surface area contributed by atoms with Crippen molar-refractivity contribution < 1.29 is 26.3 Å². The van der Waals surface area contributed by atoms with Crippen molar-refractivity contribution >= 4 is 25.6 Å². The Labute approximate surface area is 188 Å². The second-order valence-corrected chi connectivity index (χ2v) is 12.1. The zero-order valence-electron chi connectivity index (χ0n) is 17.9. The smallest absolute Gasteiger partial charge is 0.225 e. The molecule has 2 atom stereocenters. The standard InChI is InChI=1S/C20H26N4O6S2/c1-29-17-5-4-15(12-18(17)30-2)32(27,28)19-14-31(25,26)13-16(19)23-8-10-24(11-9-23)20-21-6-3-7-22-20/h3-7,12,16,19H,8-11,13-14H2,1-2H3/t16-,19-/m0/s1. The Morgan fingerprint density at radius 2 is 1.62 bits per heavy atom. The number of methoxy groups -OCH3 is 2. The second kappa shape index (κ2) is 8.83. The van der Waals surface area contributed by atoms with Crippen LogP contribution in [0, 0.1) is 0 Å². The molecule has 1 aromatic carbocycles. The van der Waals surface area contributed by atoms with E-state index < -0.39 is 36.7 Å². The first-order valence-corrected chi connectivity index (χ1v) is 13.5. The topological polar surface area (TPSA) is 119 Å². The number of sulfone groups is 2. The third kappa shape index (κ3) is 4.39. The number of benzene rings is 1. The average molecular weight is 483 g/mol. The van der Waals surface area contributed by atoms with Crippen molar-refractivity contribution in [3.63, 3.8) is 0 Å². The maximum absolute atomic E-state index is 13.5. The number of nitrogens with zero attached hydrogens (tertiary/aromatic N) is 4. The summed E-state index contributed by atoms with van der Waals surface area (Å²) < 4.78 is 62.5. The van der Waals surface area contributed by atoms with Crippen molar-refractivity contribution in [2.75, 3.05) is 56.8 Å². The van der Waals surface area contributed by atoms with Gasteiger partial charge in [-0.05, 0) is 18.2 Å². The van der Waals surface area contributed by atoms with E-state index in [1.807, 2.05) is 9.80 Å². The minimum Gasteiger partial charge on any atom is -0.493 e. The molecule has 4 rings (SSSR count). The fourth-order valence-corrected chi connectivity index (χ4v) is 9.15. The van der Waals surface area contributed by atoms with E-state index in [1.54, 1.807) is 18.5 Å². The van der Waals surface area contributed by atoms with Crippen molar-refractivity contribution in [3.8, 4) is 11.5 Å². The van der Waals surface area contributed by atoms with Crippen molar-refractivity contribution in [2.24, 2.45) is 0 Å². The Hall–Kier alpha value is -2.44. The summed E-state index contributed by atoms with van der Waals surface area (Å²) in [7, 11) is -4.53. The third-order valence-electron chi connectivity index (χ3n) is 5.97. The maximum Gasteiger partial charge on any atom is 0.225 e. The summed E-state index contributed by atoms with van der Waals surface area (Å²) in [6.07, 6.45) is 3.34. The van der Waals surface area contributed by atoms with E-state index in [0.29, 0.717) is 37.9 Å². The van der Waals surface area contributed by atoms with E-state index in [9.17, 15) is 16.8 Å². The normalized spacial score (nSPS) is 23.8. The minimum atomic E-state index is -3.93. The van der Waals surface area contributed by atoms with Crippen LogP contribution < -0.4 is 14.4 Å². The number of hydrogen-bond donors (Lipinski definition) is 0. The van der Waals surface area contributed by atoms with Gasteiger partial charge >= 0.3 is 0 Å². The molecular formula is C20H26N4O6S2. The zero-order valence-corrected chi connectivity index (χ0v) is 19.5. The highest BCUT2D eigenvalue weighted by Gasteiger charge is 2.48. The van der Waals surface area contributed by atoms with Crippen molar-refractivity contribution in [1.82, 2.24) is 14.9 Å². The molecule has 0 aliphatic carbocycles. The van der Waals surface area contributed by atoms with Gasteiger partial charge in [0.15, 0.2) is 31.2 Å². The fraction of sp³-hybridized carbons (Fsp3) is 0.500. The summed E-state index contributed by atoms with van der Waals surface area (Å²) in [6, 6.07) is 5.47. The predicted molar refractivity (Wildman–Crippen MR) is 119 cm³/mol. The van der Waals surface area contributed by atoms with Gasteiger partial charge in [-0.15, -0.1) is 0 Å². The SMILES string of the molecule is COc1ccc(S(=O)(=O)[C@H]2CS(=O)(=O)C[C@@H]2N2CCN(c3ncccn3)CC2)cc1OC. The van der Waals surface area contributed by atoms with E-state index in [1.165, 1.54) is 32.4 Å². The highest BCUT2D eigenvalue weighted by molar-refractivity contribution is 7.96. The molecule has 2 aromatic rings. The van der Waals surface area contributed by atoms with E-state index >= 15 is 0 Å². The summed E-state index contributed by atoms with van der Waals surface area (Å²) in [4.78, 5) is 12.5.